The van der Waals surface area contributed by atoms with Gasteiger partial charge in [-0.3, -0.25) is 0 Å². The Hall–Kier alpha value is -3.01. The van der Waals surface area contributed by atoms with Crippen molar-refractivity contribution in [3.8, 4) is 22.8 Å². The third-order valence-electron chi connectivity index (χ3n) is 4.08. The van der Waals surface area contributed by atoms with E-state index in [2.05, 4.69) is 11.6 Å². The van der Waals surface area contributed by atoms with Crippen molar-refractivity contribution < 1.29 is 14.6 Å². The van der Waals surface area contributed by atoms with Crippen LogP contribution in [-0.2, 0) is 4.74 Å². The molecule has 1 N–H and O–H groups in total. The molecule has 1 heterocycles. The molecule has 0 unspecified atom stereocenters. The van der Waals surface area contributed by atoms with Gasteiger partial charge in [-0.15, -0.1) is 0 Å². The van der Waals surface area contributed by atoms with Gasteiger partial charge in [0.1, 0.15) is 11.5 Å². The summed E-state index contributed by atoms with van der Waals surface area (Å²) in [6.07, 6.45) is 0. The number of hydrogen-bond acceptors (Lipinski definition) is 4. The molecule has 0 saturated heterocycles. The first-order valence-corrected chi connectivity index (χ1v) is 8.14. The highest BCUT2D eigenvalue weighted by atomic mass is 16.5. The predicted molar refractivity (Wildman–Crippen MR) is 101 cm³/mol. The second-order valence-electron chi connectivity index (χ2n) is 5.82. The van der Waals surface area contributed by atoms with Gasteiger partial charge in [0, 0.05) is 16.5 Å². The number of ether oxygens (including phenoxy) is 2. The van der Waals surface area contributed by atoms with Crippen molar-refractivity contribution in [3.05, 3.63) is 60.2 Å². The lowest BCUT2D eigenvalue weighted by Gasteiger charge is -2.13. The fourth-order valence-corrected chi connectivity index (χ4v) is 2.87. The van der Waals surface area contributed by atoms with Gasteiger partial charge in [0.15, 0.2) is 0 Å². The number of fused-ring (bicyclic) bond motifs is 1. The lowest BCUT2D eigenvalue weighted by atomic mass is 9.99. The lowest BCUT2D eigenvalue weighted by Crippen LogP contribution is -1.95. The maximum absolute atomic E-state index is 10.4. The number of benzene rings is 2. The maximum atomic E-state index is 10.4. The monoisotopic (exact) mass is 335 g/mol. The van der Waals surface area contributed by atoms with Crippen molar-refractivity contribution in [2.45, 2.75) is 13.8 Å². The maximum Gasteiger partial charge on any atom is 0.219 e. The Labute approximate surface area is 147 Å². The molecule has 128 valence electrons. The second-order valence-corrected chi connectivity index (χ2v) is 5.82. The molecule has 0 aliphatic rings. The van der Waals surface area contributed by atoms with Crippen LogP contribution in [-0.4, -0.2) is 23.8 Å². The van der Waals surface area contributed by atoms with Crippen molar-refractivity contribution in [3.63, 3.8) is 0 Å². The highest BCUT2D eigenvalue weighted by Crippen LogP contribution is 2.35. The summed E-state index contributed by atoms with van der Waals surface area (Å²) in [5, 5.41) is 11.3. The number of methoxy groups -OCH3 is 1. The van der Waals surface area contributed by atoms with Crippen LogP contribution >= 0.6 is 0 Å². The van der Waals surface area contributed by atoms with Gasteiger partial charge in [-0.25, -0.2) is 4.98 Å². The van der Waals surface area contributed by atoms with Crippen LogP contribution in [0.5, 0.6) is 11.6 Å². The molecule has 0 bridgehead atoms. The summed E-state index contributed by atoms with van der Waals surface area (Å²) >= 11 is 0. The fourth-order valence-electron chi connectivity index (χ4n) is 2.87. The Morgan fingerprint density at radius 3 is 2.52 bits per heavy atom. The van der Waals surface area contributed by atoms with Crippen LogP contribution in [0.15, 0.2) is 49.0 Å². The first-order chi connectivity index (χ1) is 12.0. The van der Waals surface area contributed by atoms with Crippen molar-refractivity contribution in [1.29, 1.82) is 0 Å². The van der Waals surface area contributed by atoms with E-state index in [9.17, 15) is 5.11 Å². The first-order valence-electron chi connectivity index (χ1n) is 8.14. The first kappa shape index (κ1) is 16.8. The Bertz CT molecular complexity index is 930. The average Bonchev–Trinajstić information content (AvgIpc) is 2.60. The molecule has 3 aromatic rings. The minimum Gasteiger partial charge on any atom is -0.497 e. The molecule has 25 heavy (non-hydrogen) atoms. The molecule has 0 aliphatic heterocycles. The van der Waals surface area contributed by atoms with Gasteiger partial charge < -0.3 is 14.6 Å². The lowest BCUT2D eigenvalue weighted by molar-refractivity contribution is 0.299. The quantitative estimate of drug-likeness (QED) is 0.672. The van der Waals surface area contributed by atoms with E-state index < -0.39 is 0 Å². The van der Waals surface area contributed by atoms with Gasteiger partial charge >= 0.3 is 0 Å². The third kappa shape index (κ3) is 3.29. The van der Waals surface area contributed by atoms with Gasteiger partial charge in [0.2, 0.25) is 5.88 Å². The number of pyridine rings is 1. The molecular formula is C21H21NO3. The molecule has 4 heteroatoms. The van der Waals surface area contributed by atoms with Crippen LogP contribution in [0.4, 0.5) is 0 Å². The van der Waals surface area contributed by atoms with E-state index in [1.54, 1.807) is 7.11 Å². The van der Waals surface area contributed by atoms with E-state index in [1.807, 2.05) is 56.3 Å². The highest BCUT2D eigenvalue weighted by molar-refractivity contribution is 5.94. The average molecular weight is 335 g/mol. The predicted octanol–water partition coefficient (Wildman–Crippen LogP) is 4.93. The molecule has 0 atom stereocenters. The summed E-state index contributed by atoms with van der Waals surface area (Å²) in [6.45, 7) is 8.48. The molecule has 0 fully saturated rings. The van der Waals surface area contributed by atoms with Crippen molar-refractivity contribution in [2.24, 2.45) is 0 Å². The highest BCUT2D eigenvalue weighted by Gasteiger charge is 2.13. The molecule has 3 rings (SSSR count). The Morgan fingerprint density at radius 1 is 1.16 bits per heavy atom. The van der Waals surface area contributed by atoms with Gasteiger partial charge in [0.25, 0.3) is 0 Å². The minimum absolute atomic E-state index is 0.00348. The molecule has 0 saturated carbocycles. The zero-order chi connectivity index (χ0) is 18.0. The van der Waals surface area contributed by atoms with Crippen LogP contribution in [0, 0.1) is 6.92 Å². The summed E-state index contributed by atoms with van der Waals surface area (Å²) in [7, 11) is 1.62. The molecule has 0 aliphatic carbocycles. The van der Waals surface area contributed by atoms with E-state index in [1.165, 1.54) is 0 Å². The van der Waals surface area contributed by atoms with Gasteiger partial charge in [0.05, 0.1) is 19.2 Å². The number of nitrogens with zero attached hydrogens (tertiary/aromatic N) is 1. The van der Waals surface area contributed by atoms with E-state index in [-0.39, 0.29) is 5.88 Å². The molecule has 4 nitrogen and oxygen atoms in total. The summed E-state index contributed by atoms with van der Waals surface area (Å²) in [4.78, 5) is 4.39. The summed E-state index contributed by atoms with van der Waals surface area (Å²) < 4.78 is 10.8. The number of hydrogen-bond donors (Lipinski definition) is 1. The van der Waals surface area contributed by atoms with E-state index in [4.69, 9.17) is 9.47 Å². The third-order valence-corrected chi connectivity index (χ3v) is 4.08. The Balaban J connectivity index is 2.20. The molecule has 0 radical (unpaired) electrons. The molecule has 2 aromatic carbocycles. The normalized spacial score (nSPS) is 10.7. The Kier molecular flexibility index (Phi) is 4.61. The number of rotatable bonds is 5. The zero-order valence-corrected chi connectivity index (χ0v) is 14.7. The van der Waals surface area contributed by atoms with Crippen LogP contribution in [0.25, 0.3) is 27.8 Å². The van der Waals surface area contributed by atoms with E-state index in [0.29, 0.717) is 23.4 Å². The number of aromatic hydroxyl groups is 1. The van der Waals surface area contributed by atoms with Crippen LogP contribution in [0.1, 0.15) is 18.1 Å². The molecule has 1 aromatic heterocycles. The molecule has 0 spiro atoms. The van der Waals surface area contributed by atoms with Crippen molar-refractivity contribution >= 4 is 16.7 Å². The minimum atomic E-state index is -0.00348. The standard InChI is InChI=1S/C21H21NO3/c1-5-25-14(3)17-10-13(2)11-20-19(17)12-18(21(23)22-20)15-6-8-16(24-4)9-7-15/h6-12H,3,5H2,1-2,4H3,(H,22,23). The number of aromatic nitrogens is 1. The van der Waals surface area contributed by atoms with E-state index in [0.717, 1.165) is 27.8 Å². The SMILES string of the molecule is C=C(OCC)c1cc(C)cc2nc(O)c(-c3ccc(OC)cc3)cc12. The van der Waals surface area contributed by atoms with Gasteiger partial charge in [-0.05, 0) is 55.3 Å². The topological polar surface area (TPSA) is 51.6 Å². The molecule has 0 amide bonds. The molecular weight excluding hydrogens is 314 g/mol. The van der Waals surface area contributed by atoms with Gasteiger partial charge in [-0.1, -0.05) is 18.7 Å². The second kappa shape index (κ2) is 6.85. The van der Waals surface area contributed by atoms with Crippen molar-refractivity contribution in [1.82, 2.24) is 4.98 Å². The van der Waals surface area contributed by atoms with Crippen LogP contribution in [0.2, 0.25) is 0 Å². The van der Waals surface area contributed by atoms with Crippen LogP contribution < -0.4 is 4.74 Å². The van der Waals surface area contributed by atoms with Crippen LogP contribution in [0.3, 0.4) is 0 Å². The van der Waals surface area contributed by atoms with Gasteiger partial charge in [-0.2, -0.15) is 0 Å². The fraction of sp³-hybridized carbons (Fsp3) is 0.190. The summed E-state index contributed by atoms with van der Waals surface area (Å²) in [5.74, 6) is 1.36. The van der Waals surface area contributed by atoms with E-state index >= 15 is 0 Å². The smallest absolute Gasteiger partial charge is 0.219 e. The van der Waals surface area contributed by atoms with Crippen molar-refractivity contribution in [2.75, 3.05) is 13.7 Å². The Morgan fingerprint density at radius 2 is 1.88 bits per heavy atom. The zero-order valence-electron chi connectivity index (χ0n) is 14.7. The summed E-state index contributed by atoms with van der Waals surface area (Å²) in [6, 6.07) is 13.4. The largest absolute Gasteiger partial charge is 0.497 e. The number of aryl methyl sites for hydroxylation is 1. The summed E-state index contributed by atoms with van der Waals surface area (Å²) in [5.41, 5.74) is 4.16.